The molecule has 1 heterocycles. The van der Waals surface area contributed by atoms with Crippen LogP contribution in [0.15, 0.2) is 22.7 Å². The first kappa shape index (κ1) is 25.4. The van der Waals surface area contributed by atoms with Gasteiger partial charge in [-0.05, 0) is 113 Å². The standard InChI is InChI=1S/C23H37BrClN3O2S/c1-27(2)31(29,30)26-22-8-5-18(6-9-22)4-3-13-28-14-11-19(12-15-28)16-20-17-21(25)7-10-23(20)24/h7,10,17-19,22,26H,3-6,8-9,11-16H2,1-2H3/t18-,22+. The highest BCUT2D eigenvalue weighted by Gasteiger charge is 2.26. The molecule has 0 radical (unpaired) electrons. The molecule has 1 aromatic rings. The molecule has 8 heteroatoms. The fourth-order valence-corrected chi connectivity index (χ4v) is 6.38. The van der Waals surface area contributed by atoms with Gasteiger partial charge in [-0.15, -0.1) is 0 Å². The Morgan fingerprint density at radius 3 is 2.42 bits per heavy atom. The van der Waals surface area contributed by atoms with Crippen molar-refractivity contribution in [1.82, 2.24) is 13.9 Å². The molecule has 1 N–H and O–H groups in total. The number of nitrogens with zero attached hydrogens (tertiary/aromatic N) is 2. The van der Waals surface area contributed by atoms with E-state index < -0.39 is 10.2 Å². The molecular weight excluding hydrogens is 498 g/mol. The van der Waals surface area contributed by atoms with Crippen molar-refractivity contribution in [2.24, 2.45) is 11.8 Å². The van der Waals surface area contributed by atoms with E-state index in [9.17, 15) is 8.42 Å². The third kappa shape index (κ3) is 7.97. The molecule has 1 aromatic carbocycles. The Bertz CT molecular complexity index is 805. The Hall–Kier alpha value is -0.180. The van der Waals surface area contributed by atoms with Crippen molar-refractivity contribution >= 4 is 37.7 Å². The molecule has 176 valence electrons. The van der Waals surface area contributed by atoms with Gasteiger partial charge in [0.15, 0.2) is 0 Å². The minimum Gasteiger partial charge on any atom is -0.303 e. The lowest BCUT2D eigenvalue weighted by Gasteiger charge is -2.33. The first-order chi connectivity index (χ1) is 14.7. The van der Waals surface area contributed by atoms with Crippen molar-refractivity contribution < 1.29 is 8.42 Å². The monoisotopic (exact) mass is 533 g/mol. The second-order valence-electron chi connectivity index (χ2n) is 9.49. The van der Waals surface area contributed by atoms with Gasteiger partial charge in [-0.25, -0.2) is 0 Å². The van der Waals surface area contributed by atoms with E-state index in [1.165, 1.54) is 59.7 Å². The number of hydrogen-bond acceptors (Lipinski definition) is 3. The van der Waals surface area contributed by atoms with Gasteiger partial charge in [0.25, 0.3) is 10.2 Å². The van der Waals surface area contributed by atoms with Crippen LogP contribution >= 0.6 is 27.5 Å². The van der Waals surface area contributed by atoms with Crippen LogP contribution in [0.1, 0.15) is 56.9 Å². The van der Waals surface area contributed by atoms with Gasteiger partial charge in [-0.1, -0.05) is 27.5 Å². The summed E-state index contributed by atoms with van der Waals surface area (Å²) in [4.78, 5) is 2.63. The van der Waals surface area contributed by atoms with Crippen LogP contribution in [-0.4, -0.2) is 57.4 Å². The molecule has 0 unspecified atom stereocenters. The topological polar surface area (TPSA) is 52.7 Å². The van der Waals surface area contributed by atoms with Crippen molar-refractivity contribution in [3.63, 3.8) is 0 Å². The van der Waals surface area contributed by atoms with Gasteiger partial charge in [-0.3, -0.25) is 0 Å². The largest absolute Gasteiger partial charge is 0.303 e. The maximum Gasteiger partial charge on any atom is 0.279 e. The molecule has 0 amide bonds. The van der Waals surface area contributed by atoms with Crippen LogP contribution in [0.2, 0.25) is 5.02 Å². The van der Waals surface area contributed by atoms with Gasteiger partial charge in [0, 0.05) is 29.6 Å². The number of nitrogens with one attached hydrogen (secondary N) is 1. The molecule has 0 aromatic heterocycles. The van der Waals surface area contributed by atoms with Crippen LogP contribution in [0, 0.1) is 11.8 Å². The normalized spacial score (nSPS) is 24.0. The van der Waals surface area contributed by atoms with Crippen molar-refractivity contribution in [3.8, 4) is 0 Å². The second-order valence-corrected chi connectivity index (χ2v) is 12.7. The molecule has 3 rings (SSSR count). The van der Waals surface area contributed by atoms with Gasteiger partial charge in [0.2, 0.25) is 0 Å². The van der Waals surface area contributed by atoms with Crippen LogP contribution in [0.5, 0.6) is 0 Å². The molecule has 0 spiro atoms. The highest BCUT2D eigenvalue weighted by atomic mass is 79.9. The maximum absolute atomic E-state index is 12.0. The fraction of sp³-hybridized carbons (Fsp3) is 0.739. The van der Waals surface area contributed by atoms with E-state index in [0.29, 0.717) is 0 Å². The Kier molecular flexibility index (Phi) is 9.68. The molecule has 5 nitrogen and oxygen atoms in total. The van der Waals surface area contributed by atoms with E-state index in [-0.39, 0.29) is 6.04 Å². The molecule has 2 aliphatic rings. The molecule has 31 heavy (non-hydrogen) atoms. The Morgan fingerprint density at radius 2 is 1.77 bits per heavy atom. The molecule has 1 aliphatic heterocycles. The van der Waals surface area contributed by atoms with Crippen LogP contribution in [0.4, 0.5) is 0 Å². The first-order valence-corrected chi connectivity index (χ1v) is 14.2. The first-order valence-electron chi connectivity index (χ1n) is 11.6. The highest BCUT2D eigenvalue weighted by Crippen LogP contribution is 2.30. The number of likely N-dealkylation sites (tertiary alicyclic amines) is 1. The Labute approximate surface area is 202 Å². The maximum atomic E-state index is 12.0. The van der Waals surface area contributed by atoms with Crippen LogP contribution in [0.3, 0.4) is 0 Å². The van der Waals surface area contributed by atoms with E-state index in [1.54, 1.807) is 14.1 Å². The predicted octanol–water partition coefficient (Wildman–Crippen LogP) is 5.09. The van der Waals surface area contributed by atoms with Gasteiger partial charge in [-0.2, -0.15) is 17.4 Å². The Morgan fingerprint density at radius 1 is 1.10 bits per heavy atom. The lowest BCUT2D eigenvalue weighted by Crippen LogP contribution is -2.43. The van der Waals surface area contributed by atoms with Crippen LogP contribution in [0.25, 0.3) is 0 Å². The summed E-state index contributed by atoms with van der Waals surface area (Å²) in [5.41, 5.74) is 1.33. The third-order valence-electron chi connectivity index (χ3n) is 6.95. The lowest BCUT2D eigenvalue weighted by atomic mass is 9.83. The van der Waals surface area contributed by atoms with E-state index in [2.05, 4.69) is 37.7 Å². The molecule has 1 saturated heterocycles. The molecule has 0 bridgehead atoms. The number of halogens is 2. The minimum atomic E-state index is -3.31. The van der Waals surface area contributed by atoms with E-state index >= 15 is 0 Å². The second kappa shape index (κ2) is 11.8. The summed E-state index contributed by atoms with van der Waals surface area (Å²) in [7, 11) is -0.156. The van der Waals surface area contributed by atoms with Gasteiger partial charge >= 0.3 is 0 Å². The summed E-state index contributed by atoms with van der Waals surface area (Å²) in [6.07, 6.45) is 10.3. The molecular formula is C23H37BrClN3O2S. The number of benzene rings is 1. The summed E-state index contributed by atoms with van der Waals surface area (Å²) in [6.45, 7) is 3.59. The van der Waals surface area contributed by atoms with Crippen LogP contribution in [-0.2, 0) is 16.6 Å². The summed E-state index contributed by atoms with van der Waals surface area (Å²) < 4.78 is 29.2. The van der Waals surface area contributed by atoms with Gasteiger partial charge in [0.05, 0.1) is 0 Å². The summed E-state index contributed by atoms with van der Waals surface area (Å²) in [5.74, 6) is 1.49. The molecule has 1 saturated carbocycles. The van der Waals surface area contributed by atoms with Crippen molar-refractivity contribution in [1.29, 1.82) is 0 Å². The van der Waals surface area contributed by atoms with Gasteiger partial charge in [0.1, 0.15) is 0 Å². The minimum absolute atomic E-state index is 0.0993. The van der Waals surface area contributed by atoms with E-state index in [4.69, 9.17) is 11.6 Å². The van der Waals surface area contributed by atoms with E-state index in [1.807, 2.05) is 6.07 Å². The SMILES string of the molecule is CN(C)S(=O)(=O)N[C@H]1CC[C@@H](CCCN2CCC(Cc3cc(Cl)ccc3Br)CC2)CC1. The summed E-state index contributed by atoms with van der Waals surface area (Å²) >= 11 is 9.83. The van der Waals surface area contributed by atoms with Crippen LogP contribution < -0.4 is 4.72 Å². The van der Waals surface area contributed by atoms with E-state index in [0.717, 1.165) is 49.0 Å². The average molecular weight is 535 g/mol. The average Bonchev–Trinajstić information content (AvgIpc) is 2.73. The zero-order chi connectivity index (χ0) is 22.4. The number of piperidine rings is 1. The quantitative estimate of drug-likeness (QED) is 0.480. The zero-order valence-electron chi connectivity index (χ0n) is 18.8. The number of rotatable bonds is 9. The smallest absolute Gasteiger partial charge is 0.279 e. The fourth-order valence-electron chi connectivity index (χ4n) is 4.91. The Balaban J connectivity index is 1.30. The zero-order valence-corrected chi connectivity index (χ0v) is 22.0. The van der Waals surface area contributed by atoms with Crippen molar-refractivity contribution in [2.75, 3.05) is 33.7 Å². The number of hydrogen-bond donors (Lipinski definition) is 1. The molecule has 0 atom stereocenters. The summed E-state index contributed by atoms with van der Waals surface area (Å²) in [5, 5.41) is 0.819. The van der Waals surface area contributed by atoms with Gasteiger partial charge < -0.3 is 4.90 Å². The van der Waals surface area contributed by atoms with Crippen molar-refractivity contribution in [2.45, 2.75) is 63.8 Å². The van der Waals surface area contributed by atoms with Crippen molar-refractivity contribution in [3.05, 3.63) is 33.3 Å². The molecule has 1 aliphatic carbocycles. The predicted molar refractivity (Wildman–Crippen MR) is 133 cm³/mol. The summed E-state index contributed by atoms with van der Waals surface area (Å²) in [6, 6.07) is 6.18. The molecule has 2 fully saturated rings. The third-order valence-corrected chi connectivity index (χ3v) is 9.55. The highest BCUT2D eigenvalue weighted by molar-refractivity contribution is 9.10. The lowest BCUT2D eigenvalue weighted by molar-refractivity contribution is 0.175.